The van der Waals surface area contributed by atoms with E-state index in [0.717, 1.165) is 4.57 Å². The van der Waals surface area contributed by atoms with E-state index >= 15 is 0 Å². The van der Waals surface area contributed by atoms with Gasteiger partial charge in [0.05, 0.1) is 34.2 Å². The SMILES string of the molecule is COc1ccc(C(=O)OCCn2cnc3c2c(=O)n(C)c(=O)n3C)c(OC)c1OC. The number of fused-ring (bicyclic) bond motifs is 1. The molecular formula is C19H22N4O7. The standard InChI is InChI=1S/C19H22N4O7/c1-21-16-13(17(24)22(2)19(21)26)23(10-20-16)8-9-30-18(25)11-6-7-12(27-3)15(29-5)14(11)28-4/h6-7,10H,8-9H2,1-5H3. The molecule has 2 aromatic heterocycles. The first-order valence-electron chi connectivity index (χ1n) is 8.92. The van der Waals surface area contributed by atoms with Gasteiger partial charge in [0.1, 0.15) is 12.2 Å². The molecule has 3 rings (SSSR count). The molecule has 11 nitrogen and oxygen atoms in total. The Hall–Kier alpha value is -3.76. The number of imidazole rings is 1. The lowest BCUT2D eigenvalue weighted by Gasteiger charge is -2.15. The highest BCUT2D eigenvalue weighted by Gasteiger charge is 2.22. The van der Waals surface area contributed by atoms with E-state index in [1.807, 2.05) is 0 Å². The maximum absolute atomic E-state index is 12.6. The molecule has 2 heterocycles. The summed E-state index contributed by atoms with van der Waals surface area (Å²) in [6, 6.07) is 3.09. The maximum Gasteiger partial charge on any atom is 0.342 e. The van der Waals surface area contributed by atoms with Gasteiger partial charge in [-0.3, -0.25) is 13.9 Å². The zero-order valence-electron chi connectivity index (χ0n) is 17.3. The van der Waals surface area contributed by atoms with Gasteiger partial charge in [-0.25, -0.2) is 14.6 Å². The molecule has 0 saturated heterocycles. The van der Waals surface area contributed by atoms with Gasteiger partial charge in [0.2, 0.25) is 5.75 Å². The number of rotatable bonds is 7. The van der Waals surface area contributed by atoms with Crippen molar-refractivity contribution in [3.05, 3.63) is 44.9 Å². The van der Waals surface area contributed by atoms with Crippen molar-refractivity contribution in [2.75, 3.05) is 27.9 Å². The van der Waals surface area contributed by atoms with Crippen LogP contribution < -0.4 is 25.5 Å². The summed E-state index contributed by atoms with van der Waals surface area (Å²) in [5.74, 6) is 0.257. The van der Waals surface area contributed by atoms with Gasteiger partial charge in [0, 0.05) is 14.1 Å². The molecule has 0 aliphatic carbocycles. The topological polar surface area (TPSA) is 116 Å². The van der Waals surface area contributed by atoms with Gasteiger partial charge in [-0.05, 0) is 12.1 Å². The van der Waals surface area contributed by atoms with Crippen LogP contribution in [-0.4, -0.2) is 52.6 Å². The predicted octanol–water partition coefficient (Wildman–Crippen LogP) is 0.317. The minimum absolute atomic E-state index is 0.0339. The Morgan fingerprint density at radius 3 is 2.33 bits per heavy atom. The van der Waals surface area contributed by atoms with E-state index in [2.05, 4.69) is 4.98 Å². The Balaban J connectivity index is 1.82. The molecule has 3 aromatic rings. The molecule has 30 heavy (non-hydrogen) atoms. The first-order chi connectivity index (χ1) is 14.3. The fourth-order valence-corrected chi connectivity index (χ4v) is 3.14. The fourth-order valence-electron chi connectivity index (χ4n) is 3.14. The van der Waals surface area contributed by atoms with Crippen LogP contribution in [0.2, 0.25) is 0 Å². The summed E-state index contributed by atoms with van der Waals surface area (Å²) in [5, 5.41) is 0. The molecule has 0 radical (unpaired) electrons. The number of hydrogen-bond donors (Lipinski definition) is 0. The first kappa shape index (κ1) is 21.0. The largest absolute Gasteiger partial charge is 0.493 e. The van der Waals surface area contributed by atoms with Crippen molar-refractivity contribution < 1.29 is 23.7 Å². The van der Waals surface area contributed by atoms with Crippen molar-refractivity contribution in [3.8, 4) is 17.2 Å². The van der Waals surface area contributed by atoms with Crippen LogP contribution in [0.4, 0.5) is 0 Å². The Morgan fingerprint density at radius 2 is 1.70 bits per heavy atom. The molecule has 0 amide bonds. The quantitative estimate of drug-likeness (QED) is 0.504. The van der Waals surface area contributed by atoms with Gasteiger partial charge in [-0.2, -0.15) is 0 Å². The molecule has 11 heteroatoms. The van der Waals surface area contributed by atoms with Crippen molar-refractivity contribution in [2.24, 2.45) is 14.1 Å². The second-order valence-electron chi connectivity index (χ2n) is 6.33. The van der Waals surface area contributed by atoms with Crippen LogP contribution in [0.1, 0.15) is 10.4 Å². The van der Waals surface area contributed by atoms with Crippen LogP contribution in [-0.2, 0) is 25.4 Å². The minimum Gasteiger partial charge on any atom is -0.493 e. The summed E-state index contributed by atoms with van der Waals surface area (Å²) in [5.41, 5.74) is -0.262. The maximum atomic E-state index is 12.6. The Kier molecular flexibility index (Phi) is 5.81. The number of esters is 1. The summed E-state index contributed by atoms with van der Waals surface area (Å²) in [4.78, 5) is 41.2. The van der Waals surface area contributed by atoms with Crippen LogP contribution >= 0.6 is 0 Å². The summed E-state index contributed by atoms with van der Waals surface area (Å²) >= 11 is 0. The molecule has 0 unspecified atom stereocenters. The second-order valence-corrected chi connectivity index (χ2v) is 6.33. The molecule has 160 valence electrons. The van der Waals surface area contributed by atoms with E-state index in [9.17, 15) is 14.4 Å². The van der Waals surface area contributed by atoms with Gasteiger partial charge < -0.3 is 23.5 Å². The number of nitrogens with zero attached hydrogens (tertiary/aromatic N) is 4. The molecule has 0 aliphatic heterocycles. The third kappa shape index (κ3) is 3.38. The summed E-state index contributed by atoms with van der Waals surface area (Å²) in [6.07, 6.45) is 1.43. The summed E-state index contributed by atoms with van der Waals surface area (Å²) in [7, 11) is 7.25. The number of aromatic nitrogens is 4. The van der Waals surface area contributed by atoms with Crippen molar-refractivity contribution in [2.45, 2.75) is 6.54 Å². The molecule has 0 atom stereocenters. The number of carbonyl (C=O) groups excluding carboxylic acids is 1. The van der Waals surface area contributed by atoms with Crippen LogP contribution in [0, 0.1) is 0 Å². The Bertz CT molecular complexity index is 1220. The Morgan fingerprint density at radius 1 is 1.00 bits per heavy atom. The molecule has 1 aromatic carbocycles. The number of hydrogen-bond acceptors (Lipinski definition) is 8. The van der Waals surface area contributed by atoms with Crippen molar-refractivity contribution in [1.82, 2.24) is 18.7 Å². The predicted molar refractivity (Wildman–Crippen MR) is 107 cm³/mol. The zero-order valence-corrected chi connectivity index (χ0v) is 17.3. The van der Waals surface area contributed by atoms with Crippen molar-refractivity contribution >= 4 is 17.1 Å². The lowest BCUT2D eigenvalue weighted by Crippen LogP contribution is -2.37. The van der Waals surface area contributed by atoms with Gasteiger partial charge in [0.15, 0.2) is 22.7 Å². The highest BCUT2D eigenvalue weighted by atomic mass is 16.5. The van der Waals surface area contributed by atoms with Gasteiger partial charge >= 0.3 is 11.7 Å². The summed E-state index contributed by atoms with van der Waals surface area (Å²) < 4.78 is 24.9. The van der Waals surface area contributed by atoms with Crippen molar-refractivity contribution in [3.63, 3.8) is 0 Å². The zero-order chi connectivity index (χ0) is 22.0. The minimum atomic E-state index is -0.627. The molecule has 0 aliphatic rings. The van der Waals surface area contributed by atoms with Crippen LogP contribution in [0.3, 0.4) is 0 Å². The molecule has 0 N–H and O–H groups in total. The lowest BCUT2D eigenvalue weighted by atomic mass is 10.1. The van der Waals surface area contributed by atoms with E-state index in [1.54, 1.807) is 6.07 Å². The lowest BCUT2D eigenvalue weighted by molar-refractivity contribution is 0.0488. The number of benzene rings is 1. The monoisotopic (exact) mass is 418 g/mol. The average molecular weight is 418 g/mol. The molecular weight excluding hydrogens is 396 g/mol. The average Bonchev–Trinajstić information content (AvgIpc) is 3.18. The van der Waals surface area contributed by atoms with E-state index in [4.69, 9.17) is 18.9 Å². The number of ether oxygens (including phenoxy) is 4. The molecule has 0 spiro atoms. The second kappa shape index (κ2) is 8.31. The molecule has 0 bridgehead atoms. The van der Waals surface area contributed by atoms with Gasteiger partial charge in [-0.1, -0.05) is 0 Å². The number of aryl methyl sites for hydroxylation is 1. The molecule has 0 saturated carbocycles. The Labute approximate surface area is 171 Å². The van der Waals surface area contributed by atoms with E-state index in [-0.39, 0.29) is 41.4 Å². The van der Waals surface area contributed by atoms with Crippen LogP contribution in [0.25, 0.3) is 11.2 Å². The van der Waals surface area contributed by atoms with Crippen molar-refractivity contribution in [1.29, 1.82) is 0 Å². The van der Waals surface area contributed by atoms with Gasteiger partial charge in [0.25, 0.3) is 5.56 Å². The highest BCUT2D eigenvalue weighted by molar-refractivity contribution is 5.94. The van der Waals surface area contributed by atoms with Crippen LogP contribution in [0.15, 0.2) is 28.0 Å². The van der Waals surface area contributed by atoms with Crippen LogP contribution in [0.5, 0.6) is 17.2 Å². The number of carbonyl (C=O) groups is 1. The third-order valence-electron chi connectivity index (χ3n) is 4.71. The highest BCUT2D eigenvalue weighted by Crippen LogP contribution is 2.39. The number of methoxy groups -OCH3 is 3. The van der Waals surface area contributed by atoms with E-state index in [0.29, 0.717) is 5.75 Å². The van der Waals surface area contributed by atoms with E-state index in [1.165, 1.54) is 57.0 Å². The molecule has 0 fully saturated rings. The fraction of sp³-hybridized carbons (Fsp3) is 0.368. The smallest absolute Gasteiger partial charge is 0.342 e. The summed E-state index contributed by atoms with van der Waals surface area (Å²) in [6.45, 7) is 0.138. The van der Waals surface area contributed by atoms with E-state index < -0.39 is 17.2 Å². The first-order valence-corrected chi connectivity index (χ1v) is 8.92. The van der Waals surface area contributed by atoms with Gasteiger partial charge in [-0.15, -0.1) is 0 Å². The normalized spacial score (nSPS) is 10.8. The third-order valence-corrected chi connectivity index (χ3v) is 4.71.